The zero-order valence-electron chi connectivity index (χ0n) is 14.0. The van der Waals surface area contributed by atoms with Gasteiger partial charge in [-0.05, 0) is 30.5 Å². The lowest BCUT2D eigenvalue weighted by molar-refractivity contribution is 0.556. The molecule has 0 unspecified atom stereocenters. The van der Waals surface area contributed by atoms with Crippen molar-refractivity contribution >= 4 is 28.3 Å². The van der Waals surface area contributed by atoms with Gasteiger partial charge in [0.05, 0.1) is 0 Å². The van der Waals surface area contributed by atoms with Gasteiger partial charge >= 0.3 is 0 Å². The molecule has 1 aromatic rings. The highest BCUT2D eigenvalue weighted by Gasteiger charge is 1.98. The summed E-state index contributed by atoms with van der Waals surface area (Å²) in [6, 6.07) is 8.65. The van der Waals surface area contributed by atoms with Crippen LogP contribution in [0.2, 0.25) is 0 Å². The van der Waals surface area contributed by atoms with E-state index < -0.39 is 0 Å². The Bertz CT molecular complexity index is 400. The molecule has 124 valence electrons. The molecule has 0 aromatic heterocycles. The van der Waals surface area contributed by atoms with Crippen molar-refractivity contribution in [2.75, 3.05) is 0 Å². The van der Waals surface area contributed by atoms with Crippen LogP contribution in [0.5, 0.6) is 0 Å². The molecule has 0 heterocycles. The third-order valence-electron chi connectivity index (χ3n) is 3.96. The Hall–Kier alpha value is -0.540. The molecule has 0 bridgehead atoms. The van der Waals surface area contributed by atoms with Crippen LogP contribution in [0.15, 0.2) is 29.2 Å². The quantitative estimate of drug-likeness (QED) is 0.268. The first kappa shape index (κ1) is 19.5. The molecule has 22 heavy (non-hydrogen) atoms. The Kier molecular flexibility index (Phi) is 11.5. The Morgan fingerprint density at radius 1 is 0.864 bits per heavy atom. The molecule has 0 saturated carbocycles. The minimum atomic E-state index is 0.488. The number of aryl methyl sites for hydroxylation is 1. The molecule has 0 amide bonds. The van der Waals surface area contributed by atoms with Gasteiger partial charge in [0.1, 0.15) is 4.32 Å². The van der Waals surface area contributed by atoms with E-state index in [4.69, 9.17) is 18.0 Å². The molecule has 0 atom stereocenters. The largest absolute Gasteiger partial charge is 0.384 e. The second-order valence-electron chi connectivity index (χ2n) is 6.00. The number of unbranched alkanes of at least 4 members (excludes halogenated alkanes) is 9. The highest BCUT2D eigenvalue weighted by molar-refractivity contribution is 8.22. The SMILES string of the molecule is CCCCCCCCCCCCc1ccc(SC(N)=S)cc1. The smallest absolute Gasteiger partial charge is 0.135 e. The van der Waals surface area contributed by atoms with E-state index in [0.717, 1.165) is 4.90 Å². The lowest BCUT2D eigenvalue weighted by atomic mass is 10.0. The molecule has 2 N–H and O–H groups in total. The van der Waals surface area contributed by atoms with Crippen molar-refractivity contribution in [1.82, 2.24) is 0 Å². The summed E-state index contributed by atoms with van der Waals surface area (Å²) in [4.78, 5) is 1.14. The predicted molar refractivity (Wildman–Crippen MR) is 105 cm³/mol. The fourth-order valence-electron chi connectivity index (χ4n) is 2.66. The van der Waals surface area contributed by atoms with E-state index >= 15 is 0 Å². The summed E-state index contributed by atoms with van der Waals surface area (Å²) in [6.07, 6.45) is 15.1. The zero-order valence-corrected chi connectivity index (χ0v) is 15.6. The van der Waals surface area contributed by atoms with E-state index in [1.54, 1.807) is 0 Å². The molecular weight excluding hydrogens is 306 g/mol. The van der Waals surface area contributed by atoms with E-state index in [9.17, 15) is 0 Å². The maximum absolute atomic E-state index is 5.53. The van der Waals surface area contributed by atoms with Gasteiger partial charge in [0, 0.05) is 4.90 Å². The number of hydrogen-bond donors (Lipinski definition) is 1. The molecule has 1 nitrogen and oxygen atoms in total. The molecule has 0 aliphatic heterocycles. The second kappa shape index (κ2) is 13.0. The van der Waals surface area contributed by atoms with Gasteiger partial charge in [-0.1, -0.05) is 101 Å². The van der Waals surface area contributed by atoms with Gasteiger partial charge in [0.15, 0.2) is 0 Å². The molecule has 1 rings (SSSR count). The van der Waals surface area contributed by atoms with Crippen LogP contribution >= 0.6 is 24.0 Å². The average molecular weight is 338 g/mol. The Morgan fingerprint density at radius 2 is 1.36 bits per heavy atom. The molecule has 0 radical (unpaired) electrons. The lowest BCUT2D eigenvalue weighted by Gasteiger charge is -2.04. The summed E-state index contributed by atoms with van der Waals surface area (Å²) in [6.45, 7) is 2.28. The normalized spacial score (nSPS) is 10.8. The minimum Gasteiger partial charge on any atom is -0.384 e. The Balaban J connectivity index is 1.99. The highest BCUT2D eigenvalue weighted by Crippen LogP contribution is 2.19. The average Bonchev–Trinajstić information content (AvgIpc) is 2.50. The number of rotatable bonds is 12. The first-order valence-electron chi connectivity index (χ1n) is 8.78. The van der Waals surface area contributed by atoms with E-state index in [1.807, 2.05) is 0 Å². The lowest BCUT2D eigenvalue weighted by Crippen LogP contribution is -2.00. The second-order valence-corrected chi connectivity index (χ2v) is 7.81. The van der Waals surface area contributed by atoms with Gasteiger partial charge in [0.2, 0.25) is 0 Å². The Labute approximate surface area is 146 Å². The van der Waals surface area contributed by atoms with Crippen molar-refractivity contribution in [3.63, 3.8) is 0 Å². The summed E-state index contributed by atoms with van der Waals surface area (Å²) in [7, 11) is 0. The summed E-state index contributed by atoms with van der Waals surface area (Å²) in [5, 5.41) is 0. The molecular formula is C19H31NS2. The number of thiocarbonyl (C=S) groups is 1. The molecule has 0 spiro atoms. The van der Waals surface area contributed by atoms with Gasteiger partial charge in [-0.25, -0.2) is 0 Å². The minimum absolute atomic E-state index is 0.488. The third kappa shape index (κ3) is 10.2. The molecule has 0 aliphatic carbocycles. The van der Waals surface area contributed by atoms with Crippen molar-refractivity contribution in [1.29, 1.82) is 0 Å². The standard InChI is InChI=1S/C19H31NS2/c1-2-3-4-5-6-7-8-9-10-11-12-17-13-15-18(16-14-17)22-19(20)21/h13-16H,2-12H2,1H3,(H2,20,21). The van der Waals surface area contributed by atoms with Crippen LogP contribution in [-0.4, -0.2) is 4.32 Å². The number of hydrogen-bond acceptors (Lipinski definition) is 2. The van der Waals surface area contributed by atoms with Crippen LogP contribution in [0.3, 0.4) is 0 Å². The first-order valence-corrected chi connectivity index (χ1v) is 10.0. The van der Waals surface area contributed by atoms with Crippen molar-refractivity contribution in [2.24, 2.45) is 5.73 Å². The molecule has 1 aromatic carbocycles. The van der Waals surface area contributed by atoms with Crippen molar-refractivity contribution in [3.05, 3.63) is 29.8 Å². The summed E-state index contributed by atoms with van der Waals surface area (Å²) >= 11 is 6.36. The van der Waals surface area contributed by atoms with Crippen molar-refractivity contribution < 1.29 is 0 Å². The first-order chi connectivity index (χ1) is 10.7. The predicted octanol–water partition coefficient (Wildman–Crippen LogP) is 6.49. The van der Waals surface area contributed by atoms with Crippen LogP contribution < -0.4 is 5.73 Å². The van der Waals surface area contributed by atoms with Crippen LogP contribution in [-0.2, 0) is 6.42 Å². The van der Waals surface area contributed by atoms with E-state index in [1.165, 1.54) is 88.0 Å². The van der Waals surface area contributed by atoms with E-state index in [2.05, 4.69) is 31.2 Å². The summed E-state index contributed by atoms with van der Waals surface area (Å²) < 4.78 is 0.488. The fourth-order valence-corrected chi connectivity index (χ4v) is 3.45. The van der Waals surface area contributed by atoms with Crippen LogP contribution in [0, 0.1) is 0 Å². The zero-order chi connectivity index (χ0) is 16.0. The topological polar surface area (TPSA) is 26.0 Å². The van der Waals surface area contributed by atoms with Gasteiger partial charge < -0.3 is 5.73 Å². The third-order valence-corrected chi connectivity index (χ3v) is 4.92. The molecule has 3 heteroatoms. The van der Waals surface area contributed by atoms with Gasteiger partial charge in [-0.15, -0.1) is 0 Å². The summed E-state index contributed by atoms with van der Waals surface area (Å²) in [5.74, 6) is 0. The van der Waals surface area contributed by atoms with Crippen LogP contribution in [0.4, 0.5) is 0 Å². The van der Waals surface area contributed by atoms with Crippen LogP contribution in [0.25, 0.3) is 0 Å². The molecule has 0 fully saturated rings. The van der Waals surface area contributed by atoms with Gasteiger partial charge in [-0.3, -0.25) is 0 Å². The maximum Gasteiger partial charge on any atom is 0.135 e. The maximum atomic E-state index is 5.53. The number of nitrogens with two attached hydrogens (primary N) is 1. The molecule has 0 saturated heterocycles. The fraction of sp³-hybridized carbons (Fsp3) is 0.632. The number of thioether (sulfide) groups is 1. The van der Waals surface area contributed by atoms with Crippen LogP contribution in [0.1, 0.15) is 76.7 Å². The molecule has 0 aliphatic rings. The van der Waals surface area contributed by atoms with Crippen molar-refractivity contribution in [3.8, 4) is 0 Å². The van der Waals surface area contributed by atoms with Gasteiger partial charge in [0.25, 0.3) is 0 Å². The van der Waals surface area contributed by atoms with Crippen molar-refractivity contribution in [2.45, 2.75) is 82.4 Å². The highest BCUT2D eigenvalue weighted by atomic mass is 32.2. The van der Waals surface area contributed by atoms with E-state index in [0.29, 0.717) is 4.32 Å². The van der Waals surface area contributed by atoms with Gasteiger partial charge in [-0.2, -0.15) is 0 Å². The Morgan fingerprint density at radius 3 is 1.86 bits per heavy atom. The monoisotopic (exact) mass is 337 g/mol. The summed E-state index contributed by atoms with van der Waals surface area (Å²) in [5.41, 5.74) is 6.95. The number of benzene rings is 1. The van der Waals surface area contributed by atoms with E-state index in [-0.39, 0.29) is 0 Å².